The van der Waals surface area contributed by atoms with Crippen LogP contribution >= 0.6 is 0 Å². The number of hydrogen-bond acceptors (Lipinski definition) is 7. The molecule has 1 N–H and O–H groups in total. The fraction of sp³-hybridized carbons (Fsp3) is 0.458. The van der Waals surface area contributed by atoms with Crippen molar-refractivity contribution in [2.75, 3.05) is 18.0 Å². The van der Waals surface area contributed by atoms with Crippen molar-refractivity contribution >= 4 is 18.0 Å². The Bertz CT molecular complexity index is 955. The molecule has 1 saturated heterocycles. The maximum Gasteiger partial charge on any atom is 0.272 e. The summed E-state index contributed by atoms with van der Waals surface area (Å²) in [7, 11) is 0. The van der Waals surface area contributed by atoms with Crippen LogP contribution in [0.3, 0.4) is 0 Å². The van der Waals surface area contributed by atoms with Gasteiger partial charge < -0.3 is 19.7 Å². The molecule has 1 aliphatic heterocycles. The predicted molar refractivity (Wildman–Crippen MR) is 118 cm³/mol. The number of benzene rings is 1. The summed E-state index contributed by atoms with van der Waals surface area (Å²) in [6.45, 7) is 1.55. The molecular formula is C24H27N5O3. The third-order valence-electron chi connectivity index (χ3n) is 6.23. The summed E-state index contributed by atoms with van der Waals surface area (Å²) in [6, 6.07) is 12.9. The molecule has 1 aromatic heterocycles. The first kappa shape index (κ1) is 21.8. The van der Waals surface area contributed by atoms with E-state index in [0.29, 0.717) is 11.3 Å². The first-order valence-corrected chi connectivity index (χ1v) is 11.2. The molecule has 1 amide bonds. The van der Waals surface area contributed by atoms with E-state index in [1.165, 1.54) is 0 Å². The van der Waals surface area contributed by atoms with Gasteiger partial charge in [0.25, 0.3) is 5.91 Å². The number of piperidine rings is 1. The highest BCUT2D eigenvalue weighted by molar-refractivity contribution is 5.92. The number of hydrogen-bond donors (Lipinski definition) is 1. The van der Waals surface area contributed by atoms with Gasteiger partial charge in [0, 0.05) is 25.0 Å². The molecule has 1 aromatic carbocycles. The van der Waals surface area contributed by atoms with Crippen molar-refractivity contribution in [1.29, 1.82) is 5.26 Å². The minimum atomic E-state index is -0.208. The maximum atomic E-state index is 12.6. The minimum Gasteiger partial charge on any atom is -0.490 e. The van der Waals surface area contributed by atoms with E-state index in [0.717, 1.165) is 69.5 Å². The second kappa shape index (κ2) is 10.2. The van der Waals surface area contributed by atoms with E-state index in [9.17, 15) is 9.59 Å². The molecule has 8 heteroatoms. The highest BCUT2D eigenvalue weighted by atomic mass is 16.5. The standard InChI is InChI=1S/C24H27N5O3/c25-15-17-1-5-20(6-2-17)32-21-7-3-19(4-8-21)26-24(31)22-9-10-23(28-27-22)29-13-11-18(16-30)12-14-29/h1-2,5-6,9-10,16,18-19,21H,3-4,7-8,11-14H2,(H,26,31). The van der Waals surface area contributed by atoms with E-state index in [1.807, 2.05) is 18.2 Å². The topological polar surface area (TPSA) is 108 Å². The lowest BCUT2D eigenvalue weighted by Gasteiger charge is -2.30. The Morgan fingerprint density at radius 2 is 1.75 bits per heavy atom. The third kappa shape index (κ3) is 5.41. The lowest BCUT2D eigenvalue weighted by atomic mass is 9.93. The van der Waals surface area contributed by atoms with Crippen LogP contribution in [0.15, 0.2) is 36.4 Å². The van der Waals surface area contributed by atoms with Gasteiger partial charge in [-0.3, -0.25) is 4.79 Å². The zero-order valence-corrected chi connectivity index (χ0v) is 17.9. The molecule has 0 bridgehead atoms. The molecule has 0 spiro atoms. The lowest BCUT2D eigenvalue weighted by molar-refractivity contribution is -0.111. The summed E-state index contributed by atoms with van der Waals surface area (Å²) in [5, 5.41) is 20.3. The molecule has 1 saturated carbocycles. The minimum absolute atomic E-state index is 0.0900. The SMILES string of the molecule is N#Cc1ccc(OC2CCC(NC(=O)c3ccc(N4CCC(C=O)CC4)nn3)CC2)cc1. The summed E-state index contributed by atoms with van der Waals surface area (Å²) >= 11 is 0. The molecule has 8 nitrogen and oxygen atoms in total. The van der Waals surface area contributed by atoms with Gasteiger partial charge in [0.1, 0.15) is 12.0 Å². The second-order valence-electron chi connectivity index (χ2n) is 8.44. The number of rotatable bonds is 6. The Labute approximate surface area is 187 Å². The van der Waals surface area contributed by atoms with Gasteiger partial charge in [-0.1, -0.05) is 0 Å². The van der Waals surface area contributed by atoms with Crippen LogP contribution in [-0.4, -0.2) is 47.6 Å². The quantitative estimate of drug-likeness (QED) is 0.698. The van der Waals surface area contributed by atoms with Crippen LogP contribution in [0.5, 0.6) is 5.75 Å². The predicted octanol–water partition coefficient (Wildman–Crippen LogP) is 2.88. The van der Waals surface area contributed by atoms with Crippen molar-refractivity contribution in [3.05, 3.63) is 47.7 Å². The number of carbonyl (C=O) groups is 2. The van der Waals surface area contributed by atoms with E-state index in [-0.39, 0.29) is 24.0 Å². The van der Waals surface area contributed by atoms with Gasteiger partial charge in [0.15, 0.2) is 11.5 Å². The Kier molecular flexibility index (Phi) is 6.95. The summed E-state index contributed by atoms with van der Waals surface area (Å²) in [5.74, 6) is 1.43. The van der Waals surface area contributed by atoms with Gasteiger partial charge >= 0.3 is 0 Å². The number of anilines is 1. The number of nitriles is 1. The van der Waals surface area contributed by atoms with E-state index in [2.05, 4.69) is 26.5 Å². The molecule has 0 unspecified atom stereocenters. The largest absolute Gasteiger partial charge is 0.490 e. The molecule has 2 heterocycles. The van der Waals surface area contributed by atoms with Gasteiger partial charge in [-0.05, 0) is 74.9 Å². The molecule has 0 radical (unpaired) electrons. The van der Waals surface area contributed by atoms with Gasteiger partial charge in [-0.25, -0.2) is 0 Å². The third-order valence-corrected chi connectivity index (χ3v) is 6.23. The zero-order valence-electron chi connectivity index (χ0n) is 17.9. The first-order chi connectivity index (χ1) is 15.6. The lowest BCUT2D eigenvalue weighted by Crippen LogP contribution is -2.40. The van der Waals surface area contributed by atoms with Crippen molar-refractivity contribution in [3.8, 4) is 11.8 Å². The van der Waals surface area contributed by atoms with Crippen LogP contribution in [0.4, 0.5) is 5.82 Å². The first-order valence-electron chi connectivity index (χ1n) is 11.2. The average molecular weight is 434 g/mol. The van der Waals surface area contributed by atoms with Crippen LogP contribution < -0.4 is 15.0 Å². The molecule has 2 aliphatic rings. The molecular weight excluding hydrogens is 406 g/mol. The summed E-state index contributed by atoms with van der Waals surface area (Å²) in [5.41, 5.74) is 0.926. The normalized spacial score (nSPS) is 21.4. The smallest absolute Gasteiger partial charge is 0.272 e. The highest BCUT2D eigenvalue weighted by Crippen LogP contribution is 2.25. The van der Waals surface area contributed by atoms with Crippen LogP contribution in [-0.2, 0) is 4.79 Å². The highest BCUT2D eigenvalue weighted by Gasteiger charge is 2.25. The number of nitrogens with zero attached hydrogens (tertiary/aromatic N) is 4. The maximum absolute atomic E-state index is 12.6. The number of ether oxygens (including phenoxy) is 1. The van der Waals surface area contributed by atoms with Gasteiger partial charge in [-0.15, -0.1) is 10.2 Å². The van der Waals surface area contributed by atoms with Crippen molar-refractivity contribution < 1.29 is 14.3 Å². The van der Waals surface area contributed by atoms with E-state index >= 15 is 0 Å². The van der Waals surface area contributed by atoms with Crippen molar-refractivity contribution in [2.45, 2.75) is 50.7 Å². The number of aromatic nitrogens is 2. The van der Waals surface area contributed by atoms with E-state index in [1.54, 1.807) is 18.2 Å². The van der Waals surface area contributed by atoms with Gasteiger partial charge in [0.2, 0.25) is 0 Å². The molecule has 2 aromatic rings. The van der Waals surface area contributed by atoms with E-state index < -0.39 is 0 Å². The number of amides is 1. The Morgan fingerprint density at radius 3 is 2.34 bits per heavy atom. The molecule has 4 rings (SSSR count). The number of aldehydes is 1. The Balaban J connectivity index is 1.23. The Morgan fingerprint density at radius 1 is 1.03 bits per heavy atom. The Hall–Kier alpha value is -3.47. The summed E-state index contributed by atoms with van der Waals surface area (Å²) in [6.07, 6.45) is 6.17. The van der Waals surface area contributed by atoms with Crippen molar-refractivity contribution in [1.82, 2.24) is 15.5 Å². The molecule has 32 heavy (non-hydrogen) atoms. The van der Waals surface area contributed by atoms with Crippen LogP contribution in [0.25, 0.3) is 0 Å². The summed E-state index contributed by atoms with van der Waals surface area (Å²) < 4.78 is 6.01. The fourth-order valence-electron chi connectivity index (χ4n) is 4.26. The van der Waals surface area contributed by atoms with Crippen LogP contribution in [0, 0.1) is 17.2 Å². The molecule has 166 valence electrons. The fourth-order valence-corrected chi connectivity index (χ4v) is 4.26. The summed E-state index contributed by atoms with van der Waals surface area (Å²) in [4.78, 5) is 25.6. The molecule has 1 aliphatic carbocycles. The van der Waals surface area contributed by atoms with E-state index in [4.69, 9.17) is 10.00 Å². The number of carbonyl (C=O) groups excluding carboxylic acids is 2. The molecule has 2 fully saturated rings. The van der Waals surface area contributed by atoms with Gasteiger partial charge in [-0.2, -0.15) is 5.26 Å². The van der Waals surface area contributed by atoms with Crippen LogP contribution in [0.2, 0.25) is 0 Å². The number of nitrogens with one attached hydrogen (secondary N) is 1. The van der Waals surface area contributed by atoms with Gasteiger partial charge in [0.05, 0.1) is 17.7 Å². The average Bonchev–Trinajstić information content (AvgIpc) is 2.86. The molecule has 0 atom stereocenters. The zero-order chi connectivity index (χ0) is 22.3. The van der Waals surface area contributed by atoms with Crippen molar-refractivity contribution in [3.63, 3.8) is 0 Å². The van der Waals surface area contributed by atoms with Crippen LogP contribution in [0.1, 0.15) is 54.6 Å². The second-order valence-corrected chi connectivity index (χ2v) is 8.44. The monoisotopic (exact) mass is 433 g/mol. The van der Waals surface area contributed by atoms with Crippen molar-refractivity contribution in [2.24, 2.45) is 5.92 Å².